The Morgan fingerprint density at radius 1 is 1.14 bits per heavy atom. The van der Waals surface area contributed by atoms with Crippen LogP contribution in [0.5, 0.6) is 0 Å². The van der Waals surface area contributed by atoms with Crippen LogP contribution >= 0.6 is 0 Å². The van der Waals surface area contributed by atoms with E-state index in [9.17, 15) is 4.39 Å². The smallest absolute Gasteiger partial charge is 0.191 e. The molecule has 1 aromatic carbocycles. The van der Waals surface area contributed by atoms with Crippen LogP contribution in [0.1, 0.15) is 22.6 Å². The lowest BCUT2D eigenvalue weighted by Gasteiger charge is -2.12. The number of halogens is 1. The molecular weight excluding hydrogens is 269 g/mol. The molecule has 1 aromatic heterocycles. The minimum absolute atomic E-state index is 0.221. The van der Waals surface area contributed by atoms with Crippen molar-refractivity contribution >= 4 is 5.96 Å². The van der Waals surface area contributed by atoms with Gasteiger partial charge >= 0.3 is 0 Å². The van der Waals surface area contributed by atoms with Gasteiger partial charge < -0.3 is 15.1 Å². The van der Waals surface area contributed by atoms with Gasteiger partial charge in [0.25, 0.3) is 0 Å². The first kappa shape index (κ1) is 15.1. The second-order valence-corrected chi connectivity index (χ2v) is 4.81. The zero-order valence-electron chi connectivity index (χ0n) is 12.5. The second kappa shape index (κ2) is 6.92. The van der Waals surface area contributed by atoms with E-state index in [1.807, 2.05) is 26.0 Å². The van der Waals surface area contributed by atoms with Crippen molar-refractivity contribution in [3.8, 4) is 0 Å². The maximum atomic E-state index is 13.5. The molecule has 2 rings (SSSR count). The normalized spacial score (nSPS) is 11.5. The van der Waals surface area contributed by atoms with Gasteiger partial charge in [0, 0.05) is 31.3 Å². The Hall–Kier alpha value is -2.30. The molecule has 0 spiro atoms. The number of hydrogen-bond acceptors (Lipinski definition) is 2. The highest BCUT2D eigenvalue weighted by Gasteiger charge is 2.06. The summed E-state index contributed by atoms with van der Waals surface area (Å²) in [6, 6.07) is 8.68. The fourth-order valence-corrected chi connectivity index (χ4v) is 2.08. The van der Waals surface area contributed by atoms with Crippen LogP contribution in [0.15, 0.2) is 39.7 Å². The molecule has 0 radical (unpaired) electrons. The van der Waals surface area contributed by atoms with Crippen molar-refractivity contribution in [3.05, 3.63) is 58.8 Å². The Morgan fingerprint density at radius 2 is 1.81 bits per heavy atom. The number of nitrogens with zero attached hydrogens (tertiary/aromatic N) is 1. The van der Waals surface area contributed by atoms with Crippen molar-refractivity contribution < 1.29 is 8.81 Å². The molecule has 5 heteroatoms. The number of benzene rings is 1. The number of aryl methyl sites for hydroxylation is 2. The van der Waals surface area contributed by atoms with Crippen molar-refractivity contribution in [2.75, 3.05) is 7.05 Å². The lowest BCUT2D eigenvalue weighted by Crippen LogP contribution is -2.36. The van der Waals surface area contributed by atoms with Crippen molar-refractivity contribution in [2.24, 2.45) is 4.99 Å². The Bertz CT molecular complexity index is 634. The molecule has 0 fully saturated rings. The van der Waals surface area contributed by atoms with E-state index >= 15 is 0 Å². The third kappa shape index (κ3) is 4.08. The maximum Gasteiger partial charge on any atom is 0.191 e. The molecular formula is C16H20FN3O. The van der Waals surface area contributed by atoms with E-state index < -0.39 is 0 Å². The van der Waals surface area contributed by atoms with Crippen LogP contribution in [0.3, 0.4) is 0 Å². The summed E-state index contributed by atoms with van der Waals surface area (Å²) in [5, 5.41) is 6.28. The van der Waals surface area contributed by atoms with Gasteiger partial charge in [0.05, 0.1) is 0 Å². The molecule has 112 valence electrons. The Balaban J connectivity index is 1.90. The molecule has 0 amide bonds. The first-order valence-corrected chi connectivity index (χ1v) is 6.84. The Labute approximate surface area is 124 Å². The summed E-state index contributed by atoms with van der Waals surface area (Å²) in [5.41, 5.74) is 1.69. The SMILES string of the molecule is CN=C(NCc1ccccc1F)NCc1cc(C)oc1C. The molecule has 0 aliphatic heterocycles. The first-order valence-electron chi connectivity index (χ1n) is 6.84. The fourth-order valence-electron chi connectivity index (χ4n) is 2.08. The summed E-state index contributed by atoms with van der Waals surface area (Å²) in [4.78, 5) is 4.13. The third-order valence-corrected chi connectivity index (χ3v) is 3.22. The van der Waals surface area contributed by atoms with Crippen molar-refractivity contribution in [2.45, 2.75) is 26.9 Å². The average molecular weight is 289 g/mol. The maximum absolute atomic E-state index is 13.5. The van der Waals surface area contributed by atoms with Gasteiger partial charge in [-0.2, -0.15) is 0 Å². The summed E-state index contributed by atoms with van der Waals surface area (Å²) in [6.07, 6.45) is 0. The van der Waals surface area contributed by atoms with E-state index in [-0.39, 0.29) is 5.82 Å². The molecule has 1 heterocycles. The van der Waals surface area contributed by atoms with E-state index in [1.54, 1.807) is 19.2 Å². The number of furan rings is 1. The minimum Gasteiger partial charge on any atom is -0.466 e. The second-order valence-electron chi connectivity index (χ2n) is 4.81. The van der Waals surface area contributed by atoms with Crippen LogP contribution in [-0.4, -0.2) is 13.0 Å². The van der Waals surface area contributed by atoms with Crippen molar-refractivity contribution in [3.63, 3.8) is 0 Å². The molecule has 21 heavy (non-hydrogen) atoms. The molecule has 2 N–H and O–H groups in total. The predicted octanol–water partition coefficient (Wildman–Crippen LogP) is 2.90. The van der Waals surface area contributed by atoms with E-state index in [1.165, 1.54) is 6.07 Å². The zero-order valence-corrected chi connectivity index (χ0v) is 12.5. The number of aliphatic imine (C=N–C) groups is 1. The summed E-state index contributed by atoms with van der Waals surface area (Å²) in [5.74, 6) is 2.18. The Morgan fingerprint density at radius 3 is 2.38 bits per heavy atom. The largest absolute Gasteiger partial charge is 0.466 e. The van der Waals surface area contributed by atoms with Gasteiger partial charge in [-0.1, -0.05) is 18.2 Å². The number of rotatable bonds is 4. The molecule has 0 unspecified atom stereocenters. The number of nitrogens with one attached hydrogen (secondary N) is 2. The lowest BCUT2D eigenvalue weighted by atomic mass is 10.2. The van der Waals surface area contributed by atoms with Gasteiger partial charge in [-0.05, 0) is 26.0 Å². The molecule has 0 bridgehead atoms. The van der Waals surface area contributed by atoms with Crippen LogP contribution in [0.2, 0.25) is 0 Å². The van der Waals surface area contributed by atoms with E-state index in [0.29, 0.717) is 24.6 Å². The van der Waals surface area contributed by atoms with E-state index in [2.05, 4.69) is 15.6 Å². The van der Waals surface area contributed by atoms with E-state index in [0.717, 1.165) is 17.1 Å². The van der Waals surface area contributed by atoms with Crippen LogP contribution in [0, 0.1) is 19.7 Å². The Kier molecular flexibility index (Phi) is 4.98. The zero-order chi connectivity index (χ0) is 15.2. The van der Waals surface area contributed by atoms with Gasteiger partial charge in [0.2, 0.25) is 0 Å². The summed E-state index contributed by atoms with van der Waals surface area (Å²) in [7, 11) is 1.68. The standard InChI is InChI=1S/C16H20FN3O/c1-11-8-14(12(2)21-11)10-20-16(18-3)19-9-13-6-4-5-7-15(13)17/h4-8H,9-10H2,1-3H3,(H2,18,19,20). The summed E-state index contributed by atoms with van der Waals surface area (Å²) < 4.78 is 19.0. The monoisotopic (exact) mass is 289 g/mol. The molecule has 4 nitrogen and oxygen atoms in total. The number of guanidine groups is 1. The third-order valence-electron chi connectivity index (χ3n) is 3.22. The van der Waals surface area contributed by atoms with Gasteiger partial charge in [0.1, 0.15) is 17.3 Å². The van der Waals surface area contributed by atoms with Crippen LogP contribution < -0.4 is 10.6 Å². The van der Waals surface area contributed by atoms with Gasteiger partial charge in [0.15, 0.2) is 5.96 Å². The van der Waals surface area contributed by atoms with Gasteiger partial charge in [-0.25, -0.2) is 4.39 Å². The topological polar surface area (TPSA) is 49.6 Å². The van der Waals surface area contributed by atoms with Crippen LogP contribution in [0.25, 0.3) is 0 Å². The van der Waals surface area contributed by atoms with Gasteiger partial charge in [-0.3, -0.25) is 4.99 Å². The van der Waals surface area contributed by atoms with Crippen LogP contribution in [-0.2, 0) is 13.1 Å². The van der Waals surface area contributed by atoms with Crippen molar-refractivity contribution in [1.82, 2.24) is 10.6 Å². The summed E-state index contributed by atoms with van der Waals surface area (Å²) >= 11 is 0. The minimum atomic E-state index is -0.221. The fraction of sp³-hybridized carbons (Fsp3) is 0.312. The quantitative estimate of drug-likeness (QED) is 0.672. The molecule has 0 atom stereocenters. The molecule has 0 saturated heterocycles. The molecule has 0 saturated carbocycles. The van der Waals surface area contributed by atoms with Crippen molar-refractivity contribution in [1.29, 1.82) is 0 Å². The van der Waals surface area contributed by atoms with Gasteiger partial charge in [-0.15, -0.1) is 0 Å². The molecule has 2 aromatic rings. The van der Waals surface area contributed by atoms with Crippen LogP contribution in [0.4, 0.5) is 4.39 Å². The average Bonchev–Trinajstić information content (AvgIpc) is 2.79. The highest BCUT2D eigenvalue weighted by atomic mass is 19.1. The van der Waals surface area contributed by atoms with E-state index in [4.69, 9.17) is 4.42 Å². The lowest BCUT2D eigenvalue weighted by molar-refractivity contribution is 0.500. The molecule has 0 aliphatic carbocycles. The predicted molar refractivity (Wildman–Crippen MR) is 81.6 cm³/mol. The highest BCUT2D eigenvalue weighted by molar-refractivity contribution is 5.79. The number of hydrogen-bond donors (Lipinski definition) is 2. The summed E-state index contributed by atoms with van der Waals surface area (Å²) in [6.45, 7) is 4.84. The highest BCUT2D eigenvalue weighted by Crippen LogP contribution is 2.13. The first-order chi connectivity index (χ1) is 10.1. The molecule has 0 aliphatic rings.